The molecule has 0 spiro atoms. The first-order valence-corrected chi connectivity index (χ1v) is 21.7. The maximum atomic E-state index is 13.3. The maximum absolute atomic E-state index is 13.3. The Morgan fingerprint density at radius 2 is 1.36 bits per heavy atom. The zero-order valence-corrected chi connectivity index (χ0v) is 39.8. The van der Waals surface area contributed by atoms with Crippen molar-refractivity contribution in [1.29, 1.82) is 0 Å². The molecule has 2 aromatic carbocycles. The van der Waals surface area contributed by atoms with E-state index in [1.807, 2.05) is 111 Å². The molecule has 0 radical (unpaired) electrons. The summed E-state index contributed by atoms with van der Waals surface area (Å²) in [7, 11) is 0. The average molecular weight is 1040 g/mol. The van der Waals surface area contributed by atoms with Gasteiger partial charge in [-0.2, -0.15) is 10.7 Å². The molecule has 2 aliphatic heterocycles. The number of rotatable bonds is 15. The molecule has 1 unspecified atom stereocenters. The molecule has 8 rings (SSSR count). The van der Waals surface area contributed by atoms with Crippen LogP contribution in [-0.2, 0) is 59.5 Å². The SMILES string of the molecule is Cc1cc2nc3c(=O)n(CC(=O)NC(CC[S-])OC=O)c(=O)nc-3n(C[C@@H](O)[C@@H](O)[C@@H](O)CO)c2cc1C.[Ru+2].[c-]1ccccc1-c1cccc(-c2ccccn2)n1.c1ccc(-c2ccccn2)nc1. The number of hydrogen-bond acceptors (Lipinski definition) is 16. The Hall–Kier alpha value is -6.93. The monoisotopic (exact) mass is 1040 g/mol. The van der Waals surface area contributed by atoms with Gasteiger partial charge in [0.1, 0.15) is 24.9 Å². The molecule has 69 heavy (non-hydrogen) atoms. The van der Waals surface area contributed by atoms with Crippen LogP contribution in [0.3, 0.4) is 0 Å². The van der Waals surface area contributed by atoms with Crippen molar-refractivity contribution in [3.63, 3.8) is 0 Å². The summed E-state index contributed by atoms with van der Waals surface area (Å²) in [6.07, 6.45) is -0.589. The van der Waals surface area contributed by atoms with E-state index in [1.54, 1.807) is 30.7 Å². The Kier molecular flexibility index (Phi) is 20.0. The molecular weight excluding hydrogens is 992 g/mol. The largest absolute Gasteiger partial charge is 2.00 e. The molecule has 2 aliphatic rings. The molecule has 18 nitrogen and oxygen atoms in total. The van der Waals surface area contributed by atoms with E-state index in [0.29, 0.717) is 15.6 Å². The second kappa shape index (κ2) is 26.0. The van der Waals surface area contributed by atoms with E-state index in [2.05, 4.69) is 41.3 Å². The Balaban J connectivity index is 0.000000232. The van der Waals surface area contributed by atoms with Gasteiger partial charge < -0.3 is 47.7 Å². The van der Waals surface area contributed by atoms with E-state index in [1.165, 1.54) is 4.57 Å². The van der Waals surface area contributed by atoms with Crippen molar-refractivity contribution < 1.29 is 54.2 Å². The first kappa shape index (κ1) is 53.0. The van der Waals surface area contributed by atoms with Crippen LogP contribution in [0, 0.1) is 19.9 Å². The minimum atomic E-state index is -1.75. The van der Waals surface area contributed by atoms with Crippen molar-refractivity contribution in [2.75, 3.05) is 12.4 Å². The smallest absolute Gasteiger partial charge is 0.792 e. The molecule has 0 bridgehead atoms. The number of aromatic nitrogens is 8. The standard InChI is InChI=1S/C23H29N5O9S.C16H11N2.C10H8N2.Ru/c1-11-5-13-14(6-12(11)2)27(7-15(31)20(34)16(32)9-29)21-19(24-13)22(35)28(23(36)26-21)8-17(33)25-18(3-4-38)37-10-30;1-2-7-13(8-3-1)14-10-6-11-16(18-14)15-9-4-5-12-17-15;1-3-7-11-9(5-1)10-6-2-4-8-12-10;/h5-6,10,15-16,18,20,29,31-32,34,38H,3-4,7-9H2,1-2H3,(H,25,33);1-7,9-12H;1-8H;/q;-1;;+2/p-1/t15-,16+,18?,20-;;;/m1.../s1. The number of nitrogens with zero attached hydrogens (tertiary/aromatic N) is 8. The summed E-state index contributed by atoms with van der Waals surface area (Å²) >= 11 is 4.82. The van der Waals surface area contributed by atoms with Gasteiger partial charge in [-0.1, -0.05) is 30.3 Å². The number of amides is 1. The summed E-state index contributed by atoms with van der Waals surface area (Å²) in [5.41, 5.74) is 5.55. The zero-order chi connectivity index (χ0) is 48.6. The van der Waals surface area contributed by atoms with Crippen LogP contribution < -0.4 is 16.6 Å². The molecule has 0 fully saturated rings. The van der Waals surface area contributed by atoms with E-state index in [-0.39, 0.29) is 49.6 Å². The fraction of sp³-hybridized carbons (Fsp3) is 0.224. The third-order valence-electron chi connectivity index (χ3n) is 10.3. The molecule has 0 aliphatic carbocycles. The van der Waals surface area contributed by atoms with Crippen LogP contribution in [0.2, 0.25) is 0 Å². The van der Waals surface area contributed by atoms with E-state index in [9.17, 15) is 34.5 Å². The van der Waals surface area contributed by atoms with E-state index in [4.69, 9.17) is 22.5 Å². The fourth-order valence-electron chi connectivity index (χ4n) is 6.65. The van der Waals surface area contributed by atoms with Gasteiger partial charge in [-0.05, 0) is 91.7 Å². The number of carbonyl (C=O) groups excluding carboxylic acids is 2. The number of aliphatic hydroxyl groups is 4. The minimum absolute atomic E-state index is 0. The molecule has 356 valence electrons. The number of fused-ring (bicyclic) bond motifs is 2. The average Bonchev–Trinajstić information content (AvgIpc) is 3.37. The number of aliphatic hydroxyl groups excluding tert-OH is 4. The van der Waals surface area contributed by atoms with Gasteiger partial charge in [0.2, 0.25) is 5.91 Å². The molecule has 5 N–H and O–H groups in total. The Morgan fingerprint density at radius 1 is 0.768 bits per heavy atom. The second-order valence-corrected chi connectivity index (χ2v) is 15.4. The number of carbonyl (C=O) groups is 2. The number of aryl methyl sites for hydroxylation is 2. The topological polar surface area (TPSA) is 258 Å². The summed E-state index contributed by atoms with van der Waals surface area (Å²) < 4.78 is 6.61. The molecule has 1 amide bonds. The third-order valence-corrected chi connectivity index (χ3v) is 10.5. The molecule has 4 atom stereocenters. The van der Waals surface area contributed by atoms with Gasteiger partial charge in [0.05, 0.1) is 47.0 Å². The quantitative estimate of drug-likeness (QED) is 0.0247. The Labute approximate surface area is 414 Å². The molecule has 0 saturated carbocycles. The van der Waals surface area contributed by atoms with Gasteiger partial charge in [0, 0.05) is 18.6 Å². The summed E-state index contributed by atoms with van der Waals surface area (Å²) in [4.78, 5) is 74.9. The van der Waals surface area contributed by atoms with Gasteiger partial charge in [0.15, 0.2) is 17.7 Å². The third kappa shape index (κ3) is 14.1. The molecule has 0 saturated heterocycles. The van der Waals surface area contributed by atoms with Gasteiger partial charge in [-0.3, -0.25) is 34.3 Å². The summed E-state index contributed by atoms with van der Waals surface area (Å²) in [5, 5.41) is 42.0. The molecule has 6 aromatic rings. The van der Waals surface area contributed by atoms with Gasteiger partial charge in [0.25, 0.3) is 12.0 Å². The number of nitrogens with one attached hydrogen (secondary N) is 1. The van der Waals surface area contributed by atoms with Gasteiger partial charge in [-0.25, -0.2) is 14.3 Å². The molecule has 4 aromatic heterocycles. The predicted molar refractivity (Wildman–Crippen MR) is 254 cm³/mol. The van der Waals surface area contributed by atoms with E-state index >= 15 is 0 Å². The summed E-state index contributed by atoms with van der Waals surface area (Å²) in [5.74, 6) is -0.850. The van der Waals surface area contributed by atoms with Crippen LogP contribution in [0.4, 0.5) is 0 Å². The van der Waals surface area contributed by atoms with Gasteiger partial charge >= 0.3 is 25.2 Å². The number of ether oxygens (including phenoxy) is 1. The van der Waals surface area contributed by atoms with Crippen LogP contribution in [0.25, 0.3) is 56.6 Å². The normalized spacial score (nSPS) is 12.4. The number of benzene rings is 2. The number of pyridine rings is 4. The van der Waals surface area contributed by atoms with Crippen molar-refractivity contribution in [3.8, 4) is 45.6 Å². The van der Waals surface area contributed by atoms with Crippen molar-refractivity contribution in [3.05, 3.63) is 166 Å². The second-order valence-electron chi connectivity index (χ2n) is 15.0. The first-order chi connectivity index (χ1) is 32.9. The van der Waals surface area contributed by atoms with Crippen molar-refractivity contribution in [2.24, 2.45) is 0 Å². The summed E-state index contributed by atoms with van der Waals surface area (Å²) in [6.45, 7) is 1.82. The Morgan fingerprint density at radius 3 is 1.93 bits per heavy atom. The maximum Gasteiger partial charge on any atom is 2.00 e. The van der Waals surface area contributed by atoms with Crippen molar-refractivity contribution >= 4 is 36.0 Å². The molecule has 20 heteroatoms. The zero-order valence-electron chi connectivity index (χ0n) is 37.2. The van der Waals surface area contributed by atoms with E-state index in [0.717, 1.165) is 45.2 Å². The van der Waals surface area contributed by atoms with Crippen LogP contribution in [0.5, 0.6) is 0 Å². The molecule has 6 heterocycles. The fourth-order valence-corrected chi connectivity index (χ4v) is 6.86. The number of hydrogen-bond donors (Lipinski definition) is 5. The predicted octanol–water partition coefficient (Wildman–Crippen LogP) is 3.05. The Bertz CT molecular complexity index is 2900. The van der Waals surface area contributed by atoms with Crippen molar-refractivity contribution in [2.45, 2.75) is 57.9 Å². The van der Waals surface area contributed by atoms with Crippen LogP contribution >= 0.6 is 0 Å². The van der Waals surface area contributed by atoms with Crippen LogP contribution in [0.15, 0.2) is 137 Å². The summed E-state index contributed by atoms with van der Waals surface area (Å²) in [6, 6.07) is 37.8. The van der Waals surface area contributed by atoms with Crippen LogP contribution in [0.1, 0.15) is 17.5 Å². The van der Waals surface area contributed by atoms with Gasteiger partial charge in [-0.15, -0.1) is 35.9 Å². The van der Waals surface area contributed by atoms with Crippen LogP contribution in [-0.4, -0.2) is 109 Å². The molecular formula is C49H47N9O9RuS. The minimum Gasteiger partial charge on any atom is -0.792 e. The van der Waals surface area contributed by atoms with Crippen molar-refractivity contribution in [1.82, 2.24) is 44.4 Å². The van der Waals surface area contributed by atoms with E-state index < -0.39 is 61.4 Å². The first-order valence-electron chi connectivity index (χ1n) is 21.1.